The Hall–Kier alpha value is -0.900. The molecule has 1 aliphatic carbocycles. The summed E-state index contributed by atoms with van der Waals surface area (Å²) in [5.41, 5.74) is 0. The third-order valence-electron chi connectivity index (χ3n) is 4.69. The summed E-state index contributed by atoms with van der Waals surface area (Å²) in [5.74, 6) is 1.40. The van der Waals surface area contributed by atoms with Gasteiger partial charge in [0.15, 0.2) is 0 Å². The van der Waals surface area contributed by atoms with E-state index in [2.05, 4.69) is 26.1 Å². The molecule has 4 heteroatoms. The molecule has 2 aliphatic rings. The second kappa shape index (κ2) is 6.70. The summed E-state index contributed by atoms with van der Waals surface area (Å²) in [7, 11) is 0. The van der Waals surface area contributed by atoms with E-state index in [0.717, 1.165) is 38.8 Å². The number of nitrogens with one attached hydrogen (secondary N) is 1. The van der Waals surface area contributed by atoms with Gasteiger partial charge in [0.05, 0.1) is 11.8 Å². The van der Waals surface area contributed by atoms with Crippen LogP contribution < -0.4 is 5.32 Å². The lowest BCUT2D eigenvalue weighted by atomic mass is 10.00. The topological polar surface area (TPSA) is 49.4 Å². The van der Waals surface area contributed by atoms with E-state index in [4.69, 9.17) is 0 Å². The summed E-state index contributed by atoms with van der Waals surface area (Å²) in [6.07, 6.45) is 3.80. The van der Waals surface area contributed by atoms with Crippen molar-refractivity contribution in [3.8, 4) is 0 Å². The van der Waals surface area contributed by atoms with E-state index in [0.29, 0.717) is 18.4 Å². The lowest BCUT2D eigenvalue weighted by Crippen LogP contribution is -2.35. The van der Waals surface area contributed by atoms with Gasteiger partial charge >= 0.3 is 0 Å². The predicted octanol–water partition coefficient (Wildman–Crippen LogP) is 2.04. The van der Waals surface area contributed by atoms with Gasteiger partial charge < -0.3 is 5.32 Å². The Kier molecular flexibility index (Phi) is 5.19. The van der Waals surface area contributed by atoms with Crippen LogP contribution in [-0.2, 0) is 9.59 Å². The second-order valence-electron chi connectivity index (χ2n) is 6.74. The van der Waals surface area contributed by atoms with Crippen LogP contribution in [0.1, 0.15) is 46.5 Å². The molecule has 0 aromatic carbocycles. The number of likely N-dealkylation sites (tertiary alicyclic amines) is 1. The van der Waals surface area contributed by atoms with E-state index in [-0.39, 0.29) is 23.7 Å². The lowest BCUT2D eigenvalue weighted by molar-refractivity contribution is -0.140. The molecule has 0 spiro atoms. The number of nitrogens with zero attached hydrogens (tertiary/aromatic N) is 1. The molecule has 0 aromatic rings. The van der Waals surface area contributed by atoms with Crippen LogP contribution >= 0.6 is 0 Å². The van der Waals surface area contributed by atoms with Crippen molar-refractivity contribution in [1.82, 2.24) is 10.2 Å². The van der Waals surface area contributed by atoms with E-state index >= 15 is 0 Å². The molecule has 1 saturated carbocycles. The van der Waals surface area contributed by atoms with Gasteiger partial charge in [-0.15, -0.1) is 0 Å². The van der Waals surface area contributed by atoms with Crippen LogP contribution in [0.2, 0.25) is 0 Å². The monoisotopic (exact) mass is 280 g/mol. The Morgan fingerprint density at radius 3 is 2.30 bits per heavy atom. The van der Waals surface area contributed by atoms with Crippen LogP contribution in [0, 0.1) is 23.7 Å². The van der Waals surface area contributed by atoms with Crippen molar-refractivity contribution in [2.24, 2.45) is 23.7 Å². The van der Waals surface area contributed by atoms with Crippen molar-refractivity contribution in [3.63, 3.8) is 0 Å². The summed E-state index contributed by atoms with van der Waals surface area (Å²) in [4.78, 5) is 26.2. The summed E-state index contributed by atoms with van der Waals surface area (Å²) in [6.45, 7) is 8.95. The van der Waals surface area contributed by atoms with Crippen LogP contribution in [0.3, 0.4) is 0 Å². The molecular formula is C16H28N2O2. The fraction of sp³-hybridized carbons (Fsp3) is 0.875. The minimum absolute atomic E-state index is 0.00364. The van der Waals surface area contributed by atoms with Crippen molar-refractivity contribution in [2.45, 2.75) is 46.5 Å². The number of carbonyl (C=O) groups excluding carboxylic acids is 2. The van der Waals surface area contributed by atoms with Crippen LogP contribution in [0.5, 0.6) is 0 Å². The molecule has 1 saturated heterocycles. The molecule has 2 fully saturated rings. The zero-order valence-corrected chi connectivity index (χ0v) is 13.0. The Morgan fingerprint density at radius 1 is 1.20 bits per heavy atom. The molecule has 4 nitrogen and oxygen atoms in total. The zero-order chi connectivity index (χ0) is 14.7. The van der Waals surface area contributed by atoms with Crippen LogP contribution in [-0.4, -0.2) is 36.3 Å². The van der Waals surface area contributed by atoms with Crippen molar-refractivity contribution in [1.29, 1.82) is 0 Å². The highest BCUT2D eigenvalue weighted by molar-refractivity contribution is 6.05. The molecule has 2 atom stereocenters. The van der Waals surface area contributed by atoms with Crippen LogP contribution in [0.25, 0.3) is 0 Å². The normalized spacial score (nSPS) is 29.6. The Morgan fingerprint density at radius 2 is 1.80 bits per heavy atom. The number of fused-ring (bicyclic) bond motifs is 1. The average Bonchev–Trinajstić information content (AvgIpc) is 2.92. The van der Waals surface area contributed by atoms with Crippen LogP contribution in [0.15, 0.2) is 0 Å². The molecule has 0 radical (unpaired) electrons. The van der Waals surface area contributed by atoms with E-state index in [1.54, 1.807) is 0 Å². The highest BCUT2D eigenvalue weighted by atomic mass is 16.2. The first kappa shape index (κ1) is 15.5. The molecule has 1 heterocycles. The van der Waals surface area contributed by atoms with Gasteiger partial charge in [0.1, 0.15) is 0 Å². The van der Waals surface area contributed by atoms with Crippen molar-refractivity contribution in [2.75, 3.05) is 19.6 Å². The fourth-order valence-electron chi connectivity index (χ4n) is 3.50. The fourth-order valence-corrected chi connectivity index (χ4v) is 3.50. The van der Waals surface area contributed by atoms with Crippen LogP contribution in [0.4, 0.5) is 0 Å². The maximum atomic E-state index is 12.3. The third-order valence-corrected chi connectivity index (χ3v) is 4.69. The minimum Gasteiger partial charge on any atom is -0.316 e. The maximum Gasteiger partial charge on any atom is 0.233 e. The van der Waals surface area contributed by atoms with Gasteiger partial charge in [-0.3, -0.25) is 14.5 Å². The van der Waals surface area contributed by atoms with Crippen molar-refractivity contribution < 1.29 is 9.59 Å². The van der Waals surface area contributed by atoms with E-state index in [1.807, 2.05) is 0 Å². The van der Waals surface area contributed by atoms with Gasteiger partial charge in [0.25, 0.3) is 0 Å². The number of carbonyl (C=O) groups is 2. The summed E-state index contributed by atoms with van der Waals surface area (Å²) >= 11 is 0. The molecule has 1 N–H and O–H groups in total. The molecule has 0 bridgehead atoms. The quantitative estimate of drug-likeness (QED) is 0.573. The highest BCUT2D eigenvalue weighted by Gasteiger charge is 2.51. The third kappa shape index (κ3) is 3.22. The SMILES string of the molecule is CCC1CC2C(=O)N(CCCNCC(C)C)C(=O)C2C1. The molecule has 2 rings (SSSR count). The summed E-state index contributed by atoms with van der Waals surface area (Å²) in [5, 5.41) is 3.36. The van der Waals surface area contributed by atoms with Gasteiger partial charge in [0.2, 0.25) is 11.8 Å². The van der Waals surface area contributed by atoms with E-state index in [9.17, 15) is 9.59 Å². The number of amides is 2. The highest BCUT2D eigenvalue weighted by Crippen LogP contribution is 2.44. The molecule has 114 valence electrons. The van der Waals surface area contributed by atoms with Crippen molar-refractivity contribution >= 4 is 11.8 Å². The molecule has 20 heavy (non-hydrogen) atoms. The first-order valence-corrected chi connectivity index (χ1v) is 8.10. The van der Waals surface area contributed by atoms with Gasteiger partial charge in [-0.2, -0.15) is 0 Å². The van der Waals surface area contributed by atoms with E-state index in [1.165, 1.54) is 4.90 Å². The molecule has 2 unspecified atom stereocenters. The number of imide groups is 1. The molecular weight excluding hydrogens is 252 g/mol. The number of rotatable bonds is 7. The Labute approximate surface area is 122 Å². The molecule has 0 aromatic heterocycles. The first-order valence-electron chi connectivity index (χ1n) is 8.10. The average molecular weight is 280 g/mol. The second-order valence-corrected chi connectivity index (χ2v) is 6.74. The number of hydrogen-bond donors (Lipinski definition) is 1. The standard InChI is InChI=1S/C16H28N2O2/c1-4-12-8-13-14(9-12)16(20)18(15(13)19)7-5-6-17-10-11(2)3/h11-14,17H,4-10H2,1-3H3. The first-order chi connectivity index (χ1) is 9.54. The summed E-state index contributed by atoms with van der Waals surface area (Å²) < 4.78 is 0. The van der Waals surface area contributed by atoms with Gasteiger partial charge in [-0.1, -0.05) is 27.2 Å². The van der Waals surface area contributed by atoms with Gasteiger partial charge in [-0.25, -0.2) is 0 Å². The minimum atomic E-state index is -0.00364. The summed E-state index contributed by atoms with van der Waals surface area (Å²) in [6, 6.07) is 0. The molecule has 1 aliphatic heterocycles. The smallest absolute Gasteiger partial charge is 0.233 e. The van der Waals surface area contributed by atoms with Gasteiger partial charge in [0, 0.05) is 6.54 Å². The number of hydrogen-bond acceptors (Lipinski definition) is 3. The van der Waals surface area contributed by atoms with Crippen molar-refractivity contribution in [3.05, 3.63) is 0 Å². The maximum absolute atomic E-state index is 12.3. The largest absolute Gasteiger partial charge is 0.316 e. The Balaban J connectivity index is 1.77. The Bertz CT molecular complexity index is 343. The van der Waals surface area contributed by atoms with Gasteiger partial charge in [-0.05, 0) is 44.2 Å². The molecule has 2 amide bonds. The predicted molar refractivity (Wildman–Crippen MR) is 79.0 cm³/mol. The zero-order valence-electron chi connectivity index (χ0n) is 13.0. The lowest BCUT2D eigenvalue weighted by Gasteiger charge is -2.17. The van der Waals surface area contributed by atoms with E-state index < -0.39 is 0 Å².